The second-order valence-electron chi connectivity index (χ2n) is 5.27. The molecule has 3 rings (SSSR count). The highest BCUT2D eigenvalue weighted by Crippen LogP contribution is 2.24. The Bertz CT molecular complexity index is 923. The van der Waals surface area contributed by atoms with Crippen LogP contribution >= 0.6 is 23.4 Å². The van der Waals surface area contributed by atoms with Crippen LogP contribution in [0.3, 0.4) is 0 Å². The largest absolute Gasteiger partial charge is 0.323 e. The molecule has 3 aromatic rings. The van der Waals surface area contributed by atoms with Crippen LogP contribution < -0.4 is 5.32 Å². The number of nitrogens with zero attached hydrogens (tertiary/aromatic N) is 6. The number of hydrogen-bond acceptors (Lipinski definition) is 6. The summed E-state index contributed by atoms with van der Waals surface area (Å²) in [5.41, 5.74) is 1.23. The maximum Gasteiger partial charge on any atom is 0.234 e. The number of hydrogen-bond donors (Lipinski definition) is 1. The third-order valence-electron chi connectivity index (χ3n) is 3.44. The predicted molar refractivity (Wildman–Crippen MR) is 101 cm³/mol. The summed E-state index contributed by atoms with van der Waals surface area (Å²) in [6, 6.07) is 5.17. The van der Waals surface area contributed by atoms with E-state index in [1.54, 1.807) is 35.3 Å². The molecule has 2 aromatic heterocycles. The van der Waals surface area contributed by atoms with Gasteiger partial charge in [0.1, 0.15) is 18.5 Å². The van der Waals surface area contributed by atoms with E-state index in [0.29, 0.717) is 28.1 Å². The molecule has 0 aliphatic carbocycles. The molecule has 0 atom stereocenters. The fourth-order valence-electron chi connectivity index (χ4n) is 2.26. The van der Waals surface area contributed by atoms with Crippen molar-refractivity contribution in [2.24, 2.45) is 0 Å². The van der Waals surface area contributed by atoms with Crippen molar-refractivity contribution in [1.82, 2.24) is 29.5 Å². The minimum atomic E-state index is -0.190. The van der Waals surface area contributed by atoms with Crippen molar-refractivity contribution < 1.29 is 4.79 Å². The molecule has 0 radical (unpaired) electrons. The first-order valence-corrected chi connectivity index (χ1v) is 9.02. The van der Waals surface area contributed by atoms with E-state index in [2.05, 4.69) is 32.2 Å². The van der Waals surface area contributed by atoms with Gasteiger partial charge in [0, 0.05) is 11.6 Å². The van der Waals surface area contributed by atoms with Crippen molar-refractivity contribution in [3.63, 3.8) is 0 Å². The third-order valence-corrected chi connectivity index (χ3v) is 4.65. The van der Waals surface area contributed by atoms with E-state index in [-0.39, 0.29) is 11.7 Å². The van der Waals surface area contributed by atoms with Crippen molar-refractivity contribution in [3.05, 3.63) is 54.4 Å². The molecule has 0 aliphatic heterocycles. The van der Waals surface area contributed by atoms with Crippen LogP contribution in [-0.2, 0) is 11.3 Å². The maximum atomic E-state index is 12.4. The van der Waals surface area contributed by atoms with Gasteiger partial charge < -0.3 is 9.88 Å². The zero-order chi connectivity index (χ0) is 18.5. The smallest absolute Gasteiger partial charge is 0.234 e. The van der Waals surface area contributed by atoms with E-state index < -0.39 is 0 Å². The van der Waals surface area contributed by atoms with E-state index in [1.165, 1.54) is 18.1 Å². The lowest BCUT2D eigenvalue weighted by Crippen LogP contribution is -2.16. The number of carbonyl (C=O) groups excluding carboxylic acids is 1. The van der Waals surface area contributed by atoms with Gasteiger partial charge in [0.15, 0.2) is 5.16 Å². The van der Waals surface area contributed by atoms with Crippen LogP contribution in [0.25, 0.3) is 5.69 Å². The van der Waals surface area contributed by atoms with E-state index >= 15 is 0 Å². The number of carbonyl (C=O) groups is 1. The van der Waals surface area contributed by atoms with Crippen LogP contribution in [-0.4, -0.2) is 41.2 Å². The molecular formula is C16H16ClN7OS. The number of rotatable bonds is 7. The van der Waals surface area contributed by atoms with Gasteiger partial charge >= 0.3 is 0 Å². The minimum Gasteiger partial charge on any atom is -0.323 e. The number of allylic oxidation sites excluding steroid dienone is 1. The maximum absolute atomic E-state index is 12.4. The van der Waals surface area contributed by atoms with Crippen LogP contribution in [0.1, 0.15) is 5.82 Å². The monoisotopic (exact) mass is 389 g/mol. The van der Waals surface area contributed by atoms with Crippen LogP contribution in [0.4, 0.5) is 5.69 Å². The molecule has 0 aliphatic rings. The number of nitrogens with one attached hydrogen (secondary N) is 1. The van der Waals surface area contributed by atoms with E-state index in [0.717, 1.165) is 5.82 Å². The number of anilines is 1. The Hall–Kier alpha value is -2.65. The SMILES string of the molecule is C=CCn1c(C)nnc1SCC(=O)Nc1cc(Cl)ccc1-n1cncn1. The quantitative estimate of drug-likeness (QED) is 0.493. The number of thioether (sulfide) groups is 1. The first-order valence-electron chi connectivity index (χ1n) is 7.66. The molecule has 1 aromatic carbocycles. The lowest BCUT2D eigenvalue weighted by molar-refractivity contribution is -0.113. The summed E-state index contributed by atoms with van der Waals surface area (Å²) in [6.07, 6.45) is 4.73. The lowest BCUT2D eigenvalue weighted by atomic mass is 10.2. The van der Waals surface area contributed by atoms with Crippen molar-refractivity contribution in [1.29, 1.82) is 0 Å². The lowest BCUT2D eigenvalue weighted by Gasteiger charge is -2.11. The molecule has 0 bridgehead atoms. The molecular weight excluding hydrogens is 374 g/mol. The standard InChI is InChI=1S/C16H16ClN7OS/c1-3-6-23-11(2)21-22-16(23)26-8-15(25)20-13-7-12(17)4-5-14(13)24-10-18-9-19-24/h3-5,7,9-10H,1,6,8H2,2H3,(H,20,25). The summed E-state index contributed by atoms with van der Waals surface area (Å²) in [6.45, 7) is 6.17. The van der Waals surface area contributed by atoms with Crippen molar-refractivity contribution in [3.8, 4) is 5.69 Å². The molecule has 8 nitrogen and oxygen atoms in total. The Labute approximate surface area is 159 Å². The Balaban J connectivity index is 1.71. The van der Waals surface area contributed by atoms with Gasteiger partial charge in [0.05, 0.1) is 17.1 Å². The van der Waals surface area contributed by atoms with Gasteiger partial charge in [-0.05, 0) is 25.1 Å². The zero-order valence-electron chi connectivity index (χ0n) is 14.0. The van der Waals surface area contributed by atoms with Gasteiger partial charge in [0.25, 0.3) is 0 Å². The average Bonchev–Trinajstić information content (AvgIpc) is 3.25. The second-order valence-corrected chi connectivity index (χ2v) is 6.65. The van der Waals surface area contributed by atoms with Crippen LogP contribution in [0.2, 0.25) is 5.02 Å². The van der Waals surface area contributed by atoms with Crippen molar-refractivity contribution in [2.75, 3.05) is 11.1 Å². The highest BCUT2D eigenvalue weighted by Gasteiger charge is 2.13. The van der Waals surface area contributed by atoms with Gasteiger partial charge in [-0.25, -0.2) is 9.67 Å². The van der Waals surface area contributed by atoms with Crippen LogP contribution in [0.5, 0.6) is 0 Å². The number of benzene rings is 1. The Kier molecular flexibility index (Phi) is 5.69. The Morgan fingerprint density at radius 3 is 3.00 bits per heavy atom. The van der Waals surface area contributed by atoms with Crippen molar-refractivity contribution in [2.45, 2.75) is 18.6 Å². The predicted octanol–water partition coefficient (Wildman–Crippen LogP) is 2.74. The fraction of sp³-hybridized carbons (Fsp3) is 0.188. The highest BCUT2D eigenvalue weighted by molar-refractivity contribution is 7.99. The first kappa shape index (κ1) is 18.2. The summed E-state index contributed by atoms with van der Waals surface area (Å²) in [4.78, 5) is 16.3. The molecule has 0 saturated heterocycles. The van der Waals surface area contributed by atoms with Gasteiger partial charge in [-0.1, -0.05) is 29.4 Å². The molecule has 0 spiro atoms. The first-order chi connectivity index (χ1) is 12.6. The number of amides is 1. The van der Waals surface area contributed by atoms with Crippen LogP contribution in [0, 0.1) is 6.92 Å². The molecule has 26 heavy (non-hydrogen) atoms. The van der Waals surface area contributed by atoms with E-state index in [4.69, 9.17) is 11.6 Å². The zero-order valence-corrected chi connectivity index (χ0v) is 15.5. The molecule has 0 saturated carbocycles. The number of aromatic nitrogens is 6. The van der Waals surface area contributed by atoms with Gasteiger partial charge in [-0.15, -0.1) is 16.8 Å². The summed E-state index contributed by atoms with van der Waals surface area (Å²) in [5.74, 6) is 0.763. The number of aryl methyl sites for hydroxylation is 1. The highest BCUT2D eigenvalue weighted by atomic mass is 35.5. The van der Waals surface area contributed by atoms with E-state index in [9.17, 15) is 4.79 Å². The van der Waals surface area contributed by atoms with Gasteiger partial charge in [-0.2, -0.15) is 5.10 Å². The minimum absolute atomic E-state index is 0.179. The topological polar surface area (TPSA) is 90.5 Å². The average molecular weight is 390 g/mol. The molecule has 1 N–H and O–H groups in total. The number of halogens is 1. The molecule has 1 amide bonds. The molecule has 2 heterocycles. The van der Waals surface area contributed by atoms with Gasteiger partial charge in [0.2, 0.25) is 5.91 Å². The summed E-state index contributed by atoms with van der Waals surface area (Å²) in [5, 5.41) is 16.2. The third kappa shape index (κ3) is 4.12. The van der Waals surface area contributed by atoms with Crippen LogP contribution in [0.15, 0.2) is 48.7 Å². The molecule has 0 unspecified atom stereocenters. The summed E-state index contributed by atoms with van der Waals surface area (Å²) >= 11 is 7.36. The molecule has 10 heteroatoms. The molecule has 0 fully saturated rings. The van der Waals surface area contributed by atoms with E-state index in [1.807, 2.05) is 11.5 Å². The normalized spacial score (nSPS) is 10.7. The van der Waals surface area contributed by atoms with Crippen molar-refractivity contribution >= 4 is 35.0 Å². The summed E-state index contributed by atoms with van der Waals surface area (Å²) in [7, 11) is 0. The summed E-state index contributed by atoms with van der Waals surface area (Å²) < 4.78 is 3.45. The Morgan fingerprint density at radius 2 is 2.27 bits per heavy atom. The van der Waals surface area contributed by atoms with Gasteiger partial charge in [-0.3, -0.25) is 4.79 Å². The Morgan fingerprint density at radius 1 is 1.42 bits per heavy atom. The fourth-order valence-corrected chi connectivity index (χ4v) is 3.23. The second kappa shape index (κ2) is 8.15. The molecule has 134 valence electrons.